The maximum absolute atomic E-state index is 9.67. The van der Waals surface area contributed by atoms with Crippen LogP contribution in [0.15, 0.2) is 24.5 Å². The fourth-order valence-electron chi connectivity index (χ4n) is 1.18. The molecule has 14 heavy (non-hydrogen) atoms. The van der Waals surface area contributed by atoms with Crippen LogP contribution < -0.4 is 11.0 Å². The van der Waals surface area contributed by atoms with E-state index in [1.165, 1.54) is 0 Å². The van der Waals surface area contributed by atoms with Crippen molar-refractivity contribution in [2.45, 2.75) is 18.9 Å². The van der Waals surface area contributed by atoms with Crippen molar-refractivity contribution in [2.75, 3.05) is 6.54 Å². The second kappa shape index (κ2) is 6.44. The monoisotopic (exact) mass is 197 g/mol. The molecule has 0 fully saturated rings. The van der Waals surface area contributed by atoms with E-state index >= 15 is 0 Å². The molecule has 0 saturated heterocycles. The van der Waals surface area contributed by atoms with Gasteiger partial charge in [-0.2, -0.15) is 0 Å². The van der Waals surface area contributed by atoms with Gasteiger partial charge in [-0.05, 0) is 24.5 Å². The maximum Gasteiger partial charge on any atom is 0.0805 e. The van der Waals surface area contributed by atoms with Crippen molar-refractivity contribution >= 4 is 0 Å². The van der Waals surface area contributed by atoms with Crippen LogP contribution in [0.3, 0.4) is 0 Å². The second-order valence-corrected chi connectivity index (χ2v) is 2.98. The fraction of sp³-hybridized carbons (Fsp3) is 0.444. The highest BCUT2D eigenvalue weighted by molar-refractivity contribution is 5.11. The normalized spacial score (nSPS) is 12.7. The molecule has 0 aliphatic heterocycles. The molecule has 5 heteroatoms. The van der Waals surface area contributed by atoms with Gasteiger partial charge in [-0.25, -0.2) is 5.43 Å². The number of aromatic nitrogens is 1. The minimum absolute atomic E-state index is 0.482. The van der Waals surface area contributed by atoms with Crippen molar-refractivity contribution in [1.29, 1.82) is 0 Å². The first kappa shape index (κ1) is 11.1. The van der Waals surface area contributed by atoms with E-state index in [-0.39, 0.29) is 0 Å². The Hall–Kier alpha value is -1.01. The Kier molecular flexibility index (Phi) is 5.09. The van der Waals surface area contributed by atoms with Crippen molar-refractivity contribution in [3.63, 3.8) is 0 Å². The highest BCUT2D eigenvalue weighted by atomic mass is 16.5. The minimum atomic E-state index is -0.482. The van der Waals surface area contributed by atoms with Gasteiger partial charge in [0.25, 0.3) is 0 Å². The van der Waals surface area contributed by atoms with Crippen LogP contribution in [0, 0.1) is 0 Å². The lowest BCUT2D eigenvalue weighted by Crippen LogP contribution is -2.29. The van der Waals surface area contributed by atoms with Crippen LogP contribution in [0.2, 0.25) is 0 Å². The van der Waals surface area contributed by atoms with Gasteiger partial charge in [0.1, 0.15) is 0 Å². The van der Waals surface area contributed by atoms with Crippen molar-refractivity contribution < 1.29 is 10.3 Å². The first-order chi connectivity index (χ1) is 6.84. The molecule has 4 N–H and O–H groups in total. The van der Waals surface area contributed by atoms with Gasteiger partial charge in [-0.3, -0.25) is 4.98 Å². The standard InChI is InChI=1S/C9H15N3O2/c13-9(4-2-6-11-12-14)8-3-1-5-10-7-8/h1,3,5,7,9,11-14H,2,4,6H2. The van der Waals surface area contributed by atoms with Gasteiger partial charge in [0, 0.05) is 18.9 Å². The van der Waals surface area contributed by atoms with E-state index in [2.05, 4.69) is 10.4 Å². The fourth-order valence-corrected chi connectivity index (χ4v) is 1.18. The van der Waals surface area contributed by atoms with Gasteiger partial charge in [0.2, 0.25) is 0 Å². The largest absolute Gasteiger partial charge is 0.388 e. The number of pyridine rings is 1. The molecule has 0 aliphatic carbocycles. The van der Waals surface area contributed by atoms with Crippen LogP contribution in [-0.2, 0) is 0 Å². The van der Waals surface area contributed by atoms with E-state index in [9.17, 15) is 5.11 Å². The molecule has 1 atom stereocenters. The third kappa shape index (κ3) is 3.80. The van der Waals surface area contributed by atoms with Gasteiger partial charge in [0.15, 0.2) is 0 Å². The molecule has 78 valence electrons. The molecule has 5 nitrogen and oxygen atoms in total. The summed E-state index contributed by atoms with van der Waals surface area (Å²) in [5.74, 6) is 0. The maximum atomic E-state index is 9.67. The summed E-state index contributed by atoms with van der Waals surface area (Å²) in [6, 6.07) is 3.64. The van der Waals surface area contributed by atoms with Crippen molar-refractivity contribution in [3.05, 3.63) is 30.1 Å². The Morgan fingerprint density at radius 2 is 2.36 bits per heavy atom. The van der Waals surface area contributed by atoms with Crippen molar-refractivity contribution in [1.82, 2.24) is 16.0 Å². The van der Waals surface area contributed by atoms with Gasteiger partial charge >= 0.3 is 0 Å². The van der Waals surface area contributed by atoms with Crippen LogP contribution in [-0.4, -0.2) is 21.8 Å². The molecule has 0 aromatic carbocycles. The molecular formula is C9H15N3O2. The summed E-state index contributed by atoms with van der Waals surface area (Å²) in [7, 11) is 0. The lowest BCUT2D eigenvalue weighted by molar-refractivity contribution is 0.114. The zero-order valence-electron chi connectivity index (χ0n) is 7.85. The number of aliphatic hydroxyl groups is 1. The Labute approximate surface area is 82.7 Å². The second-order valence-electron chi connectivity index (χ2n) is 2.98. The van der Waals surface area contributed by atoms with Crippen molar-refractivity contribution in [2.24, 2.45) is 0 Å². The Balaban J connectivity index is 2.25. The average Bonchev–Trinajstić information content (AvgIpc) is 2.25. The lowest BCUT2D eigenvalue weighted by Gasteiger charge is -2.09. The third-order valence-electron chi connectivity index (χ3n) is 1.93. The van der Waals surface area contributed by atoms with Crippen LogP contribution in [0.4, 0.5) is 0 Å². The molecule has 0 aliphatic rings. The van der Waals surface area contributed by atoms with E-state index < -0.39 is 6.10 Å². The summed E-state index contributed by atoms with van der Waals surface area (Å²) < 4.78 is 0. The molecular weight excluding hydrogens is 182 g/mol. The van der Waals surface area contributed by atoms with Gasteiger partial charge in [-0.15, -0.1) is 5.59 Å². The van der Waals surface area contributed by atoms with Crippen LogP contribution in [0.25, 0.3) is 0 Å². The molecule has 0 spiro atoms. The quantitative estimate of drug-likeness (QED) is 0.392. The van der Waals surface area contributed by atoms with Crippen LogP contribution in [0.1, 0.15) is 24.5 Å². The van der Waals surface area contributed by atoms with Gasteiger partial charge in [-0.1, -0.05) is 6.07 Å². The summed E-state index contributed by atoms with van der Waals surface area (Å²) in [6.07, 6.45) is 4.25. The SMILES string of the molecule is ONNCCCC(O)c1cccnc1. The molecule has 1 aromatic heterocycles. The van der Waals surface area contributed by atoms with E-state index in [1.54, 1.807) is 18.5 Å². The van der Waals surface area contributed by atoms with E-state index in [0.29, 0.717) is 13.0 Å². The number of nitrogens with zero attached hydrogens (tertiary/aromatic N) is 1. The smallest absolute Gasteiger partial charge is 0.0805 e. The summed E-state index contributed by atoms with van der Waals surface area (Å²) in [5, 5.41) is 17.9. The zero-order valence-corrected chi connectivity index (χ0v) is 7.85. The summed E-state index contributed by atoms with van der Waals surface area (Å²) in [4.78, 5) is 3.92. The third-order valence-corrected chi connectivity index (χ3v) is 1.93. The number of aliphatic hydroxyl groups excluding tert-OH is 1. The van der Waals surface area contributed by atoms with E-state index in [4.69, 9.17) is 5.21 Å². The molecule has 0 radical (unpaired) electrons. The average molecular weight is 197 g/mol. The van der Waals surface area contributed by atoms with Crippen molar-refractivity contribution in [3.8, 4) is 0 Å². The molecule has 1 heterocycles. The number of hydrogen-bond acceptors (Lipinski definition) is 5. The topological polar surface area (TPSA) is 77.4 Å². The highest BCUT2D eigenvalue weighted by Gasteiger charge is 2.05. The summed E-state index contributed by atoms with van der Waals surface area (Å²) in [5.41, 5.74) is 5.19. The molecule has 0 amide bonds. The van der Waals surface area contributed by atoms with Gasteiger partial charge in [0.05, 0.1) is 6.10 Å². The molecule has 0 saturated carbocycles. The van der Waals surface area contributed by atoms with E-state index in [0.717, 1.165) is 12.0 Å². The molecule has 1 unspecified atom stereocenters. The first-order valence-corrected chi connectivity index (χ1v) is 4.54. The molecule has 0 bridgehead atoms. The minimum Gasteiger partial charge on any atom is -0.388 e. The summed E-state index contributed by atoms with van der Waals surface area (Å²) in [6.45, 7) is 0.605. The Morgan fingerprint density at radius 1 is 1.50 bits per heavy atom. The number of hydrazine groups is 1. The van der Waals surface area contributed by atoms with Gasteiger partial charge < -0.3 is 10.3 Å². The van der Waals surface area contributed by atoms with Crippen LogP contribution in [0.5, 0.6) is 0 Å². The zero-order chi connectivity index (χ0) is 10.2. The number of nitrogens with one attached hydrogen (secondary N) is 2. The Bertz CT molecular complexity index is 243. The highest BCUT2D eigenvalue weighted by Crippen LogP contribution is 2.15. The number of hydrogen-bond donors (Lipinski definition) is 4. The lowest BCUT2D eigenvalue weighted by atomic mass is 10.1. The molecule has 1 rings (SSSR count). The predicted octanol–water partition coefficient (Wildman–Crippen LogP) is 0.379. The van der Waals surface area contributed by atoms with Crippen LogP contribution >= 0.6 is 0 Å². The molecule has 1 aromatic rings. The predicted molar refractivity (Wildman–Crippen MR) is 51.4 cm³/mol. The summed E-state index contributed by atoms with van der Waals surface area (Å²) >= 11 is 0. The number of rotatable bonds is 6. The van der Waals surface area contributed by atoms with E-state index in [1.807, 2.05) is 11.7 Å². The Morgan fingerprint density at radius 3 is 3.00 bits per heavy atom. The first-order valence-electron chi connectivity index (χ1n) is 4.54.